The molecule has 3 heterocycles. The monoisotopic (exact) mass is 743 g/mol. The number of anilines is 1. The summed E-state index contributed by atoms with van der Waals surface area (Å²) in [7, 11) is 3.26. The average Bonchev–Trinajstić information content (AvgIpc) is 3.81. The molecule has 4 aromatic carbocycles. The zero-order chi connectivity index (χ0) is 38.2. The molecule has 2 aromatic heterocycles. The summed E-state index contributed by atoms with van der Waals surface area (Å²) in [4.78, 5) is 26.5. The highest BCUT2D eigenvalue weighted by molar-refractivity contribution is 6.06. The van der Waals surface area contributed by atoms with Crippen LogP contribution in [0.1, 0.15) is 59.5 Å². The minimum atomic E-state index is -1.13. The third kappa shape index (κ3) is 7.80. The lowest BCUT2D eigenvalue weighted by Gasteiger charge is -2.37. The van der Waals surface area contributed by atoms with Crippen LogP contribution in [0.15, 0.2) is 122 Å². The molecule has 284 valence electrons. The molecule has 12 nitrogen and oxygen atoms in total. The number of unbranched alkanes of at least 4 members (excludes halogenated alkanes) is 2. The number of hydrogen-bond acceptors (Lipinski definition) is 10. The van der Waals surface area contributed by atoms with Crippen molar-refractivity contribution in [2.75, 3.05) is 32.8 Å². The maximum atomic E-state index is 13.0. The molecule has 0 aliphatic carbocycles. The molecule has 6 aromatic rings. The molecule has 0 bridgehead atoms. The average molecular weight is 744 g/mol. The van der Waals surface area contributed by atoms with E-state index in [1.54, 1.807) is 49.4 Å². The zero-order valence-corrected chi connectivity index (χ0v) is 31.1. The van der Waals surface area contributed by atoms with Crippen molar-refractivity contribution in [3.63, 3.8) is 0 Å². The fourth-order valence-electron chi connectivity index (χ4n) is 7.01. The van der Waals surface area contributed by atoms with E-state index in [0.29, 0.717) is 34.8 Å². The number of methoxy groups -OCH3 is 2. The fraction of sp³-hybridized carbons (Fsp3) is 0.302. The maximum absolute atomic E-state index is 13.0. The summed E-state index contributed by atoms with van der Waals surface area (Å²) in [6.07, 6.45) is 2.25. The maximum Gasteiger partial charge on any atom is 0.256 e. The minimum absolute atomic E-state index is 0.0144. The Labute approximate surface area is 320 Å². The summed E-state index contributed by atoms with van der Waals surface area (Å²) in [6, 6.07) is 34.4. The third-order valence-corrected chi connectivity index (χ3v) is 9.91. The van der Waals surface area contributed by atoms with Gasteiger partial charge in [0.25, 0.3) is 5.91 Å². The number of aromatic nitrogens is 4. The van der Waals surface area contributed by atoms with E-state index >= 15 is 0 Å². The van der Waals surface area contributed by atoms with Crippen molar-refractivity contribution in [2.24, 2.45) is 0 Å². The van der Waals surface area contributed by atoms with Crippen LogP contribution in [-0.2, 0) is 19.8 Å². The topological polar surface area (TPSA) is 139 Å². The van der Waals surface area contributed by atoms with Crippen LogP contribution >= 0.6 is 0 Å². The van der Waals surface area contributed by atoms with Gasteiger partial charge in [0.1, 0.15) is 41.7 Å². The van der Waals surface area contributed by atoms with Crippen molar-refractivity contribution < 1.29 is 33.6 Å². The molecule has 1 aliphatic rings. The predicted octanol–water partition coefficient (Wildman–Crippen LogP) is 6.94. The number of imidazole rings is 1. The standard InChI is InChI=1S/C43H45N5O7/c1-4-5-12-25-53-38-37(49)35(55-42(38)48-28-46-36-39(44-27-45-40(36)48)47-41(50)29-13-8-6-9-14-29)26-54-43(30-15-10-7-11-16-30,31-17-21-33(51-2)22-18-31)32-19-23-34(52-3)24-20-32/h6-11,13-24,27-28,35,37-38,42,49H,4-5,12,25-26H2,1-3H3,(H,44,45,47,50)/t35-,37-,38-,42-/m1/s1. The van der Waals surface area contributed by atoms with Gasteiger partial charge in [-0.05, 0) is 59.5 Å². The quantitative estimate of drug-likeness (QED) is 0.0792. The smallest absolute Gasteiger partial charge is 0.256 e. The number of hydrogen-bond donors (Lipinski definition) is 2. The van der Waals surface area contributed by atoms with Crippen molar-refractivity contribution in [2.45, 2.75) is 56.3 Å². The molecule has 1 amide bonds. The molecule has 1 fully saturated rings. The summed E-state index contributed by atoms with van der Waals surface area (Å²) in [6.45, 7) is 2.54. The van der Waals surface area contributed by atoms with Gasteiger partial charge in [0.15, 0.2) is 23.2 Å². The van der Waals surface area contributed by atoms with Crippen LogP contribution in [0, 0.1) is 0 Å². The number of carbonyl (C=O) groups is 1. The lowest BCUT2D eigenvalue weighted by molar-refractivity contribution is -0.0961. The first kappa shape index (κ1) is 37.6. The van der Waals surface area contributed by atoms with E-state index in [9.17, 15) is 9.90 Å². The van der Waals surface area contributed by atoms with Crippen molar-refractivity contribution in [3.8, 4) is 11.5 Å². The Balaban J connectivity index is 1.23. The number of rotatable bonds is 16. The van der Waals surface area contributed by atoms with Crippen LogP contribution in [0.3, 0.4) is 0 Å². The largest absolute Gasteiger partial charge is 0.497 e. The molecule has 1 aliphatic heterocycles. The van der Waals surface area contributed by atoms with Crippen LogP contribution in [0.4, 0.5) is 5.82 Å². The van der Waals surface area contributed by atoms with Crippen LogP contribution in [-0.4, -0.2) is 76.3 Å². The third-order valence-electron chi connectivity index (χ3n) is 9.91. The Morgan fingerprint density at radius 2 is 1.44 bits per heavy atom. The second kappa shape index (κ2) is 17.2. The van der Waals surface area contributed by atoms with Crippen LogP contribution in [0.5, 0.6) is 11.5 Å². The zero-order valence-electron chi connectivity index (χ0n) is 31.1. The molecule has 2 N–H and O–H groups in total. The molecule has 55 heavy (non-hydrogen) atoms. The summed E-state index contributed by atoms with van der Waals surface area (Å²) in [5, 5.41) is 14.9. The number of aliphatic hydroxyl groups excluding tert-OH is 1. The number of carbonyl (C=O) groups excluding carboxylic acids is 1. The van der Waals surface area contributed by atoms with E-state index in [4.69, 9.17) is 23.7 Å². The van der Waals surface area contributed by atoms with Gasteiger partial charge < -0.3 is 34.1 Å². The first-order chi connectivity index (χ1) is 27.0. The van der Waals surface area contributed by atoms with Gasteiger partial charge in [-0.3, -0.25) is 9.36 Å². The van der Waals surface area contributed by atoms with E-state index < -0.39 is 30.1 Å². The van der Waals surface area contributed by atoms with Gasteiger partial charge >= 0.3 is 0 Å². The molecule has 0 unspecified atom stereocenters. The van der Waals surface area contributed by atoms with Crippen LogP contribution in [0.2, 0.25) is 0 Å². The van der Waals surface area contributed by atoms with Gasteiger partial charge in [0.2, 0.25) is 0 Å². The lowest BCUT2D eigenvalue weighted by Crippen LogP contribution is -2.40. The second-order valence-corrected chi connectivity index (χ2v) is 13.3. The number of ether oxygens (including phenoxy) is 5. The highest BCUT2D eigenvalue weighted by Crippen LogP contribution is 2.43. The van der Waals surface area contributed by atoms with Crippen molar-refractivity contribution >= 4 is 22.9 Å². The molecule has 0 saturated carbocycles. The highest BCUT2D eigenvalue weighted by Gasteiger charge is 2.48. The van der Waals surface area contributed by atoms with E-state index in [1.807, 2.05) is 84.9 Å². The summed E-state index contributed by atoms with van der Waals surface area (Å²) >= 11 is 0. The van der Waals surface area contributed by atoms with Crippen molar-refractivity contribution in [1.29, 1.82) is 0 Å². The van der Waals surface area contributed by atoms with Crippen LogP contribution in [0.25, 0.3) is 11.2 Å². The number of amides is 1. The fourth-order valence-corrected chi connectivity index (χ4v) is 7.01. The predicted molar refractivity (Wildman–Crippen MR) is 207 cm³/mol. The van der Waals surface area contributed by atoms with E-state index in [2.05, 4.69) is 27.2 Å². The summed E-state index contributed by atoms with van der Waals surface area (Å²) in [5.41, 5.74) is 2.72. The Morgan fingerprint density at radius 3 is 2.05 bits per heavy atom. The number of fused-ring (bicyclic) bond motifs is 1. The SMILES string of the molecule is CCCCCO[C@@H]1[C@H](O)[C@@H](COC(c2ccccc2)(c2ccc(OC)cc2)c2ccc(OC)cc2)O[C@H]1n1cnc2c(NC(=O)c3ccccc3)ncnc21. The van der Waals surface area contributed by atoms with Gasteiger partial charge in [0, 0.05) is 12.2 Å². The van der Waals surface area contributed by atoms with E-state index in [-0.39, 0.29) is 18.3 Å². The second-order valence-electron chi connectivity index (χ2n) is 13.3. The number of benzene rings is 4. The highest BCUT2D eigenvalue weighted by atomic mass is 16.6. The molecule has 12 heteroatoms. The first-order valence-corrected chi connectivity index (χ1v) is 18.4. The van der Waals surface area contributed by atoms with Gasteiger partial charge in [-0.1, -0.05) is 92.6 Å². The Bertz CT molecular complexity index is 2100. The Morgan fingerprint density at radius 1 is 0.818 bits per heavy atom. The number of aliphatic hydroxyl groups is 1. The summed E-state index contributed by atoms with van der Waals surface area (Å²) < 4.78 is 32.9. The van der Waals surface area contributed by atoms with Gasteiger partial charge in [-0.15, -0.1) is 0 Å². The van der Waals surface area contributed by atoms with Crippen LogP contribution < -0.4 is 14.8 Å². The first-order valence-electron chi connectivity index (χ1n) is 18.4. The minimum Gasteiger partial charge on any atom is -0.497 e. The molecular weight excluding hydrogens is 699 g/mol. The number of nitrogens with zero attached hydrogens (tertiary/aromatic N) is 4. The van der Waals surface area contributed by atoms with Crippen molar-refractivity contribution in [1.82, 2.24) is 19.5 Å². The Kier molecular flexibility index (Phi) is 11.8. The van der Waals surface area contributed by atoms with Gasteiger partial charge in [-0.25, -0.2) is 15.0 Å². The van der Waals surface area contributed by atoms with E-state index in [1.165, 1.54) is 6.33 Å². The molecule has 4 atom stereocenters. The molecular formula is C43H45N5O7. The molecule has 1 saturated heterocycles. The summed E-state index contributed by atoms with van der Waals surface area (Å²) in [5.74, 6) is 1.34. The number of nitrogens with one attached hydrogen (secondary N) is 1. The normalized spacial score (nSPS) is 18.3. The van der Waals surface area contributed by atoms with Gasteiger partial charge in [-0.2, -0.15) is 0 Å². The van der Waals surface area contributed by atoms with E-state index in [0.717, 1.165) is 36.0 Å². The van der Waals surface area contributed by atoms with Crippen molar-refractivity contribution in [3.05, 3.63) is 144 Å². The molecule has 0 radical (unpaired) electrons. The molecule has 7 rings (SSSR count). The molecule has 0 spiro atoms. The Hall–Kier alpha value is -5.66. The lowest BCUT2D eigenvalue weighted by atomic mass is 9.80. The van der Waals surface area contributed by atoms with Gasteiger partial charge in [0.05, 0.1) is 27.2 Å².